The lowest BCUT2D eigenvalue weighted by atomic mass is 9.90. The first-order valence-corrected chi connectivity index (χ1v) is 5.53. The first kappa shape index (κ1) is 12.5. The third kappa shape index (κ3) is 3.21. The predicted molar refractivity (Wildman–Crippen MR) is 71.3 cm³/mol. The quantitative estimate of drug-likeness (QED) is 0.745. The minimum absolute atomic E-state index is 0.246. The highest BCUT2D eigenvalue weighted by Gasteiger charge is 2.11. The van der Waals surface area contributed by atoms with E-state index in [4.69, 9.17) is 5.73 Å². The molecule has 84 valence electrons. The maximum absolute atomic E-state index is 5.86. The van der Waals surface area contributed by atoms with Gasteiger partial charge in [0.1, 0.15) is 0 Å². The Morgan fingerprint density at radius 2 is 2.06 bits per heavy atom. The van der Waals surface area contributed by atoms with Gasteiger partial charge in [0, 0.05) is 12.5 Å². The lowest BCUT2D eigenvalue weighted by Crippen LogP contribution is -2.14. The van der Waals surface area contributed by atoms with Gasteiger partial charge in [-0.15, -0.1) is 0 Å². The summed E-state index contributed by atoms with van der Waals surface area (Å²) < 4.78 is 0. The van der Waals surface area contributed by atoms with Gasteiger partial charge in [0.05, 0.1) is 0 Å². The molecule has 0 aromatic heterocycles. The monoisotopic (exact) mass is 213 g/mol. The smallest absolute Gasteiger partial charge is 0.0212 e. The van der Waals surface area contributed by atoms with Crippen molar-refractivity contribution in [3.63, 3.8) is 0 Å². The Kier molecular flexibility index (Phi) is 5.30. The topological polar surface area (TPSA) is 26.0 Å². The molecular formula is C15H19N. The summed E-state index contributed by atoms with van der Waals surface area (Å²) in [5, 5.41) is 0. The van der Waals surface area contributed by atoms with E-state index >= 15 is 0 Å². The van der Waals surface area contributed by atoms with E-state index in [-0.39, 0.29) is 5.92 Å². The van der Waals surface area contributed by atoms with E-state index in [0.29, 0.717) is 6.54 Å². The van der Waals surface area contributed by atoms with E-state index in [9.17, 15) is 0 Å². The van der Waals surface area contributed by atoms with Crippen LogP contribution in [-0.4, -0.2) is 6.54 Å². The molecule has 0 saturated carbocycles. The molecule has 0 fully saturated rings. The summed E-state index contributed by atoms with van der Waals surface area (Å²) in [5.74, 6) is 0.246. The average Bonchev–Trinajstić information content (AvgIpc) is 2.32. The largest absolute Gasteiger partial charge is 0.330 e. The van der Waals surface area contributed by atoms with Gasteiger partial charge in [-0.2, -0.15) is 0 Å². The standard InChI is InChI=1S/C15H19N/c1-3-8-13(9-4-2)15(12-16)14-10-6-5-7-11-14/h3-11,15H,1,12,16H2,2H3/b9-4-,13-8+. The number of nitrogens with two attached hydrogens (primary N) is 1. The Hall–Kier alpha value is -1.60. The highest BCUT2D eigenvalue weighted by molar-refractivity contribution is 5.37. The molecule has 0 saturated heterocycles. The van der Waals surface area contributed by atoms with E-state index in [2.05, 4.69) is 24.8 Å². The van der Waals surface area contributed by atoms with Crippen LogP contribution in [0.5, 0.6) is 0 Å². The number of rotatable bonds is 5. The second-order valence-electron chi connectivity index (χ2n) is 3.60. The van der Waals surface area contributed by atoms with E-state index in [1.54, 1.807) is 6.08 Å². The molecule has 1 atom stereocenters. The molecule has 1 aromatic rings. The van der Waals surface area contributed by atoms with Crippen LogP contribution in [0.2, 0.25) is 0 Å². The molecule has 0 aliphatic rings. The zero-order valence-electron chi connectivity index (χ0n) is 9.77. The second-order valence-corrected chi connectivity index (χ2v) is 3.60. The van der Waals surface area contributed by atoms with E-state index in [0.717, 1.165) is 0 Å². The minimum atomic E-state index is 0.246. The van der Waals surface area contributed by atoms with Crippen LogP contribution in [-0.2, 0) is 0 Å². The summed E-state index contributed by atoms with van der Waals surface area (Å²) in [5.41, 5.74) is 8.30. The molecule has 1 nitrogen and oxygen atoms in total. The lowest BCUT2D eigenvalue weighted by Gasteiger charge is -2.16. The molecule has 0 radical (unpaired) electrons. The first-order chi connectivity index (χ1) is 7.83. The van der Waals surface area contributed by atoms with Gasteiger partial charge in [-0.25, -0.2) is 0 Å². The summed E-state index contributed by atoms with van der Waals surface area (Å²) in [7, 11) is 0. The van der Waals surface area contributed by atoms with Crippen LogP contribution < -0.4 is 5.73 Å². The van der Waals surface area contributed by atoms with Gasteiger partial charge in [-0.1, -0.05) is 61.2 Å². The Morgan fingerprint density at radius 3 is 2.56 bits per heavy atom. The Labute approximate surface area is 98.0 Å². The molecule has 1 aromatic carbocycles. The van der Waals surface area contributed by atoms with Crippen molar-refractivity contribution in [1.29, 1.82) is 0 Å². The van der Waals surface area contributed by atoms with E-state index in [1.807, 2.05) is 37.3 Å². The van der Waals surface area contributed by atoms with Crippen LogP contribution in [0.25, 0.3) is 0 Å². The molecule has 0 spiro atoms. The maximum atomic E-state index is 5.86. The Balaban J connectivity index is 3.05. The van der Waals surface area contributed by atoms with Crippen molar-refractivity contribution in [3.05, 3.63) is 72.4 Å². The molecule has 1 rings (SSSR count). The third-order valence-electron chi connectivity index (χ3n) is 2.51. The van der Waals surface area contributed by atoms with Crippen molar-refractivity contribution in [2.75, 3.05) is 6.54 Å². The zero-order valence-corrected chi connectivity index (χ0v) is 9.77. The molecule has 0 bridgehead atoms. The zero-order chi connectivity index (χ0) is 11.8. The Morgan fingerprint density at radius 1 is 1.38 bits per heavy atom. The fraction of sp³-hybridized carbons (Fsp3) is 0.200. The third-order valence-corrected chi connectivity index (χ3v) is 2.51. The summed E-state index contributed by atoms with van der Waals surface area (Å²) in [6.07, 6.45) is 7.94. The predicted octanol–water partition coefficient (Wildman–Crippen LogP) is 3.42. The molecule has 0 heterocycles. The highest BCUT2D eigenvalue weighted by atomic mass is 14.5. The minimum Gasteiger partial charge on any atom is -0.330 e. The molecule has 1 heteroatoms. The van der Waals surface area contributed by atoms with Gasteiger partial charge < -0.3 is 5.73 Å². The van der Waals surface area contributed by atoms with E-state index < -0.39 is 0 Å². The molecule has 0 amide bonds. The van der Waals surface area contributed by atoms with Gasteiger partial charge in [0.15, 0.2) is 0 Å². The summed E-state index contributed by atoms with van der Waals surface area (Å²) in [6.45, 7) is 6.36. The van der Waals surface area contributed by atoms with Crippen molar-refractivity contribution in [3.8, 4) is 0 Å². The van der Waals surface area contributed by atoms with Crippen LogP contribution in [0, 0.1) is 0 Å². The van der Waals surface area contributed by atoms with Crippen LogP contribution in [0.15, 0.2) is 66.8 Å². The van der Waals surface area contributed by atoms with Crippen LogP contribution in [0.4, 0.5) is 0 Å². The summed E-state index contributed by atoms with van der Waals surface area (Å²) in [4.78, 5) is 0. The van der Waals surface area contributed by atoms with Gasteiger partial charge in [-0.05, 0) is 18.1 Å². The second kappa shape index (κ2) is 6.81. The highest BCUT2D eigenvalue weighted by Crippen LogP contribution is 2.24. The number of hydrogen-bond acceptors (Lipinski definition) is 1. The number of allylic oxidation sites excluding steroid dienone is 4. The van der Waals surface area contributed by atoms with Gasteiger partial charge in [-0.3, -0.25) is 0 Å². The van der Waals surface area contributed by atoms with Gasteiger partial charge >= 0.3 is 0 Å². The van der Waals surface area contributed by atoms with Crippen molar-refractivity contribution in [2.45, 2.75) is 12.8 Å². The fourth-order valence-corrected chi connectivity index (χ4v) is 1.77. The molecule has 2 N–H and O–H groups in total. The van der Waals surface area contributed by atoms with Crippen LogP contribution in [0.1, 0.15) is 18.4 Å². The molecule has 0 aliphatic heterocycles. The van der Waals surface area contributed by atoms with E-state index in [1.165, 1.54) is 11.1 Å². The molecule has 1 unspecified atom stereocenters. The first-order valence-electron chi connectivity index (χ1n) is 5.53. The summed E-state index contributed by atoms with van der Waals surface area (Å²) >= 11 is 0. The maximum Gasteiger partial charge on any atom is 0.0212 e. The van der Waals surface area contributed by atoms with Crippen molar-refractivity contribution < 1.29 is 0 Å². The average molecular weight is 213 g/mol. The van der Waals surface area contributed by atoms with Crippen molar-refractivity contribution in [2.24, 2.45) is 5.73 Å². The normalized spacial score (nSPS) is 14.0. The lowest BCUT2D eigenvalue weighted by molar-refractivity contribution is 0.818. The van der Waals surface area contributed by atoms with Crippen LogP contribution >= 0.6 is 0 Å². The van der Waals surface area contributed by atoms with Gasteiger partial charge in [0.2, 0.25) is 0 Å². The number of hydrogen-bond donors (Lipinski definition) is 1. The number of benzene rings is 1. The fourth-order valence-electron chi connectivity index (χ4n) is 1.77. The SMILES string of the molecule is C=C/C=C(\C=C/C)C(CN)c1ccccc1. The van der Waals surface area contributed by atoms with Crippen LogP contribution in [0.3, 0.4) is 0 Å². The molecular weight excluding hydrogens is 194 g/mol. The molecule has 0 aliphatic carbocycles. The molecule has 16 heavy (non-hydrogen) atoms. The van der Waals surface area contributed by atoms with Gasteiger partial charge in [0.25, 0.3) is 0 Å². The van der Waals surface area contributed by atoms with Crippen molar-refractivity contribution in [1.82, 2.24) is 0 Å². The van der Waals surface area contributed by atoms with Crippen molar-refractivity contribution >= 4 is 0 Å². The summed E-state index contributed by atoms with van der Waals surface area (Å²) in [6, 6.07) is 10.3. The Bertz CT molecular complexity index is 374.